The maximum atomic E-state index is 2.43. The second-order valence-electron chi connectivity index (χ2n) is 16.8. The van der Waals surface area contributed by atoms with Gasteiger partial charge in [-0.2, -0.15) is 0 Å². The molecule has 0 amide bonds. The third kappa shape index (κ3) is 8.09. The molecule has 0 heteroatoms. The Morgan fingerprint density at radius 3 is 1.00 bits per heavy atom. The number of rotatable bonds is 10. The molecular weight excluding hydrogens is 793 g/mol. The highest BCUT2D eigenvalue weighted by molar-refractivity contribution is 6.22. The van der Waals surface area contributed by atoms with Gasteiger partial charge in [0.2, 0.25) is 0 Å². The zero-order chi connectivity index (χ0) is 44.1. The topological polar surface area (TPSA) is 0 Å². The van der Waals surface area contributed by atoms with Crippen LogP contribution in [0.1, 0.15) is 22.3 Å². The van der Waals surface area contributed by atoms with Gasteiger partial charge in [-0.15, -0.1) is 0 Å². The quantitative estimate of drug-likeness (QED) is 0.0951. The van der Waals surface area contributed by atoms with E-state index in [-0.39, 0.29) is 0 Å². The summed E-state index contributed by atoms with van der Waals surface area (Å²) in [4.78, 5) is 0. The van der Waals surface area contributed by atoms with E-state index in [1.54, 1.807) is 0 Å². The van der Waals surface area contributed by atoms with Gasteiger partial charge in [0.15, 0.2) is 0 Å². The van der Waals surface area contributed by atoms with Gasteiger partial charge in [-0.1, -0.05) is 273 Å². The molecule has 11 aromatic carbocycles. The molecule has 11 rings (SSSR count). The summed E-state index contributed by atoms with van der Waals surface area (Å²) in [6, 6.07) is 92.2. The summed E-state index contributed by atoms with van der Waals surface area (Å²) in [5, 5.41) is 4.92. The molecule has 0 heterocycles. The van der Waals surface area contributed by atoms with Crippen molar-refractivity contribution in [2.24, 2.45) is 0 Å². The smallest absolute Gasteiger partial charge is 0.00261 e. The van der Waals surface area contributed by atoms with E-state index < -0.39 is 0 Å². The van der Waals surface area contributed by atoms with Crippen molar-refractivity contribution < 1.29 is 0 Å². The minimum absolute atomic E-state index is 1.15. The highest BCUT2D eigenvalue weighted by atomic mass is 14.2. The lowest BCUT2D eigenvalue weighted by molar-refractivity contribution is 1.58. The summed E-state index contributed by atoms with van der Waals surface area (Å²) >= 11 is 0. The van der Waals surface area contributed by atoms with Gasteiger partial charge in [0.05, 0.1) is 0 Å². The lowest BCUT2D eigenvalue weighted by Gasteiger charge is -2.19. The van der Waals surface area contributed by atoms with Gasteiger partial charge < -0.3 is 0 Å². The van der Waals surface area contributed by atoms with Gasteiger partial charge in [-0.25, -0.2) is 0 Å². The van der Waals surface area contributed by atoms with Gasteiger partial charge >= 0.3 is 0 Å². The molecule has 310 valence electrons. The number of fused-ring (bicyclic) bond motifs is 2. The molecule has 0 spiro atoms. The van der Waals surface area contributed by atoms with E-state index in [1.165, 1.54) is 99.4 Å². The Hall–Kier alpha value is -8.58. The highest BCUT2D eigenvalue weighted by Crippen LogP contribution is 2.46. The summed E-state index contributed by atoms with van der Waals surface area (Å²) in [6.45, 7) is 0. The van der Waals surface area contributed by atoms with Gasteiger partial charge in [0, 0.05) is 0 Å². The monoisotopic (exact) mass is 838 g/mol. The van der Waals surface area contributed by atoms with Gasteiger partial charge in [0.1, 0.15) is 0 Å². The van der Waals surface area contributed by atoms with Crippen LogP contribution in [0.3, 0.4) is 0 Å². The molecule has 0 saturated heterocycles. The van der Waals surface area contributed by atoms with Crippen molar-refractivity contribution in [1.29, 1.82) is 0 Å². The number of hydrogen-bond acceptors (Lipinski definition) is 0. The molecule has 0 aliphatic rings. The first-order valence-electron chi connectivity index (χ1n) is 22.7. The molecule has 0 nitrogen and oxygen atoms in total. The third-order valence-electron chi connectivity index (χ3n) is 12.7. The fourth-order valence-electron chi connectivity index (χ4n) is 9.51. The molecule has 11 aromatic rings. The fraction of sp³-hybridized carbons (Fsp3) is 0. The Balaban J connectivity index is 1.03. The van der Waals surface area contributed by atoms with Crippen molar-refractivity contribution in [3.63, 3.8) is 0 Å². The standard InChI is InChI=1S/C66H46/c1-4-18-49(19-5-1)57-26-12-10-24-52(57)38-32-47-34-40-54(41-35-47)65-61-30-16-17-31-62(61)66(64-46-56(44-45-63(64)65)60-29-15-14-28-59(60)51-22-8-3-9-23-51)55-42-36-48(37-43-55)33-39-53-25-11-13-27-58(53)50-20-6-2-7-21-50/h1-46H. The Morgan fingerprint density at radius 1 is 0.197 bits per heavy atom. The second-order valence-corrected chi connectivity index (χ2v) is 16.8. The van der Waals surface area contributed by atoms with Crippen LogP contribution in [0.4, 0.5) is 0 Å². The first kappa shape index (κ1) is 40.2. The third-order valence-corrected chi connectivity index (χ3v) is 12.7. The zero-order valence-electron chi connectivity index (χ0n) is 36.6. The van der Waals surface area contributed by atoms with Crippen molar-refractivity contribution in [2.45, 2.75) is 0 Å². The first-order chi connectivity index (χ1) is 32.7. The normalized spacial score (nSPS) is 11.5. The van der Waals surface area contributed by atoms with Crippen molar-refractivity contribution in [3.8, 4) is 66.8 Å². The Bertz CT molecular complexity index is 3520. The van der Waals surface area contributed by atoms with Crippen LogP contribution in [-0.2, 0) is 0 Å². The average Bonchev–Trinajstić information content (AvgIpc) is 3.40. The molecule has 0 radical (unpaired) electrons. The van der Waals surface area contributed by atoms with Crippen LogP contribution in [0.2, 0.25) is 0 Å². The summed E-state index contributed by atoms with van der Waals surface area (Å²) in [5.41, 5.74) is 19.3. The molecule has 0 atom stereocenters. The lowest BCUT2D eigenvalue weighted by atomic mass is 9.84. The molecule has 0 saturated carbocycles. The summed E-state index contributed by atoms with van der Waals surface area (Å²) in [5.74, 6) is 0. The van der Waals surface area contributed by atoms with Crippen molar-refractivity contribution >= 4 is 45.8 Å². The zero-order valence-corrected chi connectivity index (χ0v) is 36.6. The molecule has 0 aliphatic heterocycles. The maximum Gasteiger partial charge on any atom is -0.00261 e. The Kier molecular flexibility index (Phi) is 11.1. The van der Waals surface area contributed by atoms with E-state index in [1.807, 2.05) is 0 Å². The summed E-state index contributed by atoms with van der Waals surface area (Å²) in [7, 11) is 0. The van der Waals surface area contributed by atoms with Crippen molar-refractivity contribution in [3.05, 3.63) is 277 Å². The SMILES string of the molecule is C(=Cc1ccccc1-c1ccccc1)c1ccc(-c2c3ccccc3c(-c3ccc(C=Cc4ccccc4-c4ccccc4)cc3)c3cc(-c4ccccc4-c4ccccc4)ccc23)cc1. The van der Waals surface area contributed by atoms with Crippen LogP contribution < -0.4 is 0 Å². The molecule has 0 aromatic heterocycles. The molecule has 66 heavy (non-hydrogen) atoms. The lowest BCUT2D eigenvalue weighted by Crippen LogP contribution is -1.92. The van der Waals surface area contributed by atoms with Gasteiger partial charge in [0.25, 0.3) is 0 Å². The fourth-order valence-corrected chi connectivity index (χ4v) is 9.51. The molecule has 0 fully saturated rings. The number of hydrogen-bond donors (Lipinski definition) is 0. The van der Waals surface area contributed by atoms with E-state index in [0.717, 1.165) is 11.1 Å². The Labute approximate surface area is 387 Å². The van der Waals surface area contributed by atoms with E-state index in [2.05, 4.69) is 279 Å². The largest absolute Gasteiger partial charge is 0.0622 e. The van der Waals surface area contributed by atoms with E-state index in [9.17, 15) is 0 Å². The number of benzene rings is 11. The van der Waals surface area contributed by atoms with Gasteiger partial charge in [-0.3, -0.25) is 0 Å². The highest BCUT2D eigenvalue weighted by Gasteiger charge is 2.18. The molecule has 0 unspecified atom stereocenters. The van der Waals surface area contributed by atoms with Crippen LogP contribution in [0.25, 0.3) is 113 Å². The van der Waals surface area contributed by atoms with E-state index in [0.29, 0.717) is 0 Å². The van der Waals surface area contributed by atoms with Crippen molar-refractivity contribution in [2.75, 3.05) is 0 Å². The average molecular weight is 839 g/mol. The predicted octanol–water partition coefficient (Wildman–Crippen LogP) is 18.3. The van der Waals surface area contributed by atoms with Crippen LogP contribution in [0, 0.1) is 0 Å². The van der Waals surface area contributed by atoms with Crippen LogP contribution in [0.15, 0.2) is 255 Å². The molecule has 0 aliphatic carbocycles. The maximum absolute atomic E-state index is 2.43. The molecule has 0 N–H and O–H groups in total. The molecule has 0 bridgehead atoms. The first-order valence-corrected chi connectivity index (χ1v) is 22.7. The van der Waals surface area contributed by atoms with E-state index in [4.69, 9.17) is 0 Å². The van der Waals surface area contributed by atoms with E-state index >= 15 is 0 Å². The second kappa shape index (κ2) is 18.3. The molecular formula is C66H46. The van der Waals surface area contributed by atoms with Crippen LogP contribution in [0.5, 0.6) is 0 Å². The predicted molar refractivity (Wildman–Crippen MR) is 285 cm³/mol. The van der Waals surface area contributed by atoms with Crippen LogP contribution >= 0.6 is 0 Å². The summed E-state index contributed by atoms with van der Waals surface area (Å²) < 4.78 is 0. The van der Waals surface area contributed by atoms with Gasteiger partial charge in [-0.05, 0) is 117 Å². The minimum atomic E-state index is 1.15. The minimum Gasteiger partial charge on any atom is -0.0622 e. The van der Waals surface area contributed by atoms with Crippen molar-refractivity contribution in [1.82, 2.24) is 0 Å². The van der Waals surface area contributed by atoms with Crippen LogP contribution in [-0.4, -0.2) is 0 Å². The Morgan fingerprint density at radius 2 is 0.530 bits per heavy atom. The summed E-state index contributed by atoms with van der Waals surface area (Å²) in [6.07, 6.45) is 8.92.